The Bertz CT molecular complexity index is 555. The molecule has 1 fully saturated rings. The van der Waals surface area contributed by atoms with Crippen LogP contribution in [0.2, 0.25) is 0 Å². The Labute approximate surface area is 115 Å². The summed E-state index contributed by atoms with van der Waals surface area (Å²) in [4.78, 5) is 23.0. The number of carbonyl (C=O) groups excluding carboxylic acids is 1. The Morgan fingerprint density at radius 1 is 1.45 bits per heavy atom. The molecule has 2 N–H and O–H groups in total. The lowest BCUT2D eigenvalue weighted by atomic mass is 10.1. The van der Waals surface area contributed by atoms with Crippen molar-refractivity contribution in [3.63, 3.8) is 0 Å². The number of carboxylic acid groups (broad SMARTS) is 1. The molecule has 1 atom stereocenters. The summed E-state index contributed by atoms with van der Waals surface area (Å²) in [5.41, 5.74) is -5.39. The largest absolute Gasteiger partial charge is 0.522 e. The summed E-state index contributed by atoms with van der Waals surface area (Å²) in [6, 6.07) is 0. The minimum atomic E-state index is -5.84. The number of thioether (sulfide) groups is 1. The van der Waals surface area contributed by atoms with Gasteiger partial charge in [0, 0.05) is 5.75 Å². The molecule has 2 rings (SSSR count). The first-order chi connectivity index (χ1) is 8.95. The zero-order chi connectivity index (χ0) is 15.7. The van der Waals surface area contributed by atoms with Crippen molar-refractivity contribution in [2.45, 2.75) is 17.3 Å². The first kappa shape index (κ1) is 16.8. The maximum atomic E-state index is 11.0. The van der Waals surface area contributed by atoms with Crippen LogP contribution >= 0.6 is 11.8 Å². The van der Waals surface area contributed by atoms with Crippen LogP contribution in [0.4, 0.5) is 13.2 Å². The van der Waals surface area contributed by atoms with Crippen molar-refractivity contribution in [2.24, 2.45) is 0 Å². The molecule has 0 saturated carbocycles. The predicted molar refractivity (Wildman–Crippen MR) is 61.0 cm³/mol. The third-order valence-electron chi connectivity index (χ3n) is 2.24. The van der Waals surface area contributed by atoms with Crippen LogP contribution in [0.1, 0.15) is 6.42 Å². The Kier molecular flexibility index (Phi) is 4.71. The van der Waals surface area contributed by atoms with E-state index in [4.69, 9.17) is 18.1 Å². The van der Waals surface area contributed by atoms with Gasteiger partial charge < -0.3 is 5.11 Å². The van der Waals surface area contributed by atoms with E-state index in [0.29, 0.717) is 12.2 Å². The van der Waals surface area contributed by atoms with Gasteiger partial charge in [0.15, 0.2) is 0 Å². The number of carbonyl (C=O) groups is 2. The van der Waals surface area contributed by atoms with Gasteiger partial charge in [-0.05, 0) is 6.08 Å². The number of aliphatic carboxylic acids is 1. The van der Waals surface area contributed by atoms with Gasteiger partial charge in [-0.2, -0.15) is 21.6 Å². The fraction of sp³-hybridized carbons (Fsp3) is 0.500. The molecule has 7 nitrogen and oxygen atoms in total. The van der Waals surface area contributed by atoms with Crippen LogP contribution in [0.3, 0.4) is 0 Å². The highest BCUT2D eigenvalue weighted by atomic mass is 32.2. The SMILES string of the molecule is O=C(O)C1=CCS[C@@H]2CC(=O)N12.O=S(=O)(O)C(F)(F)F. The quantitative estimate of drug-likeness (QED) is 0.411. The fourth-order valence-corrected chi connectivity index (χ4v) is 2.45. The minimum absolute atomic E-state index is 0.0774. The zero-order valence-electron chi connectivity index (χ0n) is 9.49. The van der Waals surface area contributed by atoms with Crippen molar-refractivity contribution in [3.8, 4) is 0 Å². The predicted octanol–water partition coefficient (Wildman–Crippen LogP) is 0.654. The van der Waals surface area contributed by atoms with E-state index in [2.05, 4.69) is 0 Å². The maximum Gasteiger partial charge on any atom is 0.522 e. The van der Waals surface area contributed by atoms with Crippen LogP contribution in [0.25, 0.3) is 0 Å². The monoisotopic (exact) mass is 335 g/mol. The molecule has 20 heavy (non-hydrogen) atoms. The van der Waals surface area contributed by atoms with Crippen molar-refractivity contribution in [2.75, 3.05) is 5.75 Å². The van der Waals surface area contributed by atoms with E-state index >= 15 is 0 Å². The summed E-state index contributed by atoms with van der Waals surface area (Å²) in [6.45, 7) is 0. The first-order valence-electron chi connectivity index (χ1n) is 4.86. The summed E-state index contributed by atoms with van der Waals surface area (Å²) < 4.78 is 57.5. The Morgan fingerprint density at radius 3 is 2.25 bits per heavy atom. The summed E-state index contributed by atoms with van der Waals surface area (Å²) in [5, 5.41) is 8.78. The zero-order valence-corrected chi connectivity index (χ0v) is 11.1. The number of alkyl halides is 3. The van der Waals surface area contributed by atoms with Crippen molar-refractivity contribution >= 4 is 33.8 Å². The van der Waals surface area contributed by atoms with Gasteiger partial charge in [0.05, 0.1) is 11.8 Å². The van der Waals surface area contributed by atoms with Crippen LogP contribution in [-0.4, -0.2) is 51.5 Å². The summed E-state index contributed by atoms with van der Waals surface area (Å²) >= 11 is 1.60. The number of amides is 1. The normalized spacial score (nSPS) is 22.0. The van der Waals surface area contributed by atoms with E-state index < -0.39 is 21.6 Å². The fourth-order valence-electron chi connectivity index (χ4n) is 1.34. The lowest BCUT2D eigenvalue weighted by Crippen LogP contribution is -2.52. The highest BCUT2D eigenvalue weighted by molar-refractivity contribution is 8.00. The van der Waals surface area contributed by atoms with Gasteiger partial charge >= 0.3 is 21.6 Å². The van der Waals surface area contributed by atoms with Crippen molar-refractivity contribution in [1.29, 1.82) is 0 Å². The lowest BCUT2D eigenvalue weighted by Gasteiger charge is -2.42. The number of fused-ring (bicyclic) bond motifs is 1. The van der Waals surface area contributed by atoms with Gasteiger partial charge in [-0.25, -0.2) is 4.79 Å². The third-order valence-corrected chi connectivity index (χ3v) is 3.95. The molecule has 0 unspecified atom stereocenters. The highest BCUT2D eigenvalue weighted by Gasteiger charge is 2.44. The molecule has 0 radical (unpaired) electrons. The first-order valence-corrected chi connectivity index (χ1v) is 7.35. The molecule has 0 spiro atoms. The number of rotatable bonds is 1. The van der Waals surface area contributed by atoms with Crippen LogP contribution in [0, 0.1) is 0 Å². The maximum absolute atomic E-state index is 11.0. The average Bonchev–Trinajstić information content (AvgIpc) is 2.24. The third kappa shape index (κ3) is 3.64. The van der Waals surface area contributed by atoms with E-state index in [1.807, 2.05) is 0 Å². The standard InChI is InChI=1S/C7H7NO3S.CHF3O3S/c9-5-3-6-8(5)4(7(10)11)1-2-12-6;2-1(3,4)8(5,6)7/h1,6H,2-3H2,(H,10,11);(H,5,6,7)/t6-;/m1./s1. The molecular weight excluding hydrogens is 327 g/mol. The van der Waals surface area contributed by atoms with Gasteiger partial charge in [0.25, 0.3) is 0 Å². The molecule has 0 aromatic heterocycles. The van der Waals surface area contributed by atoms with E-state index in [9.17, 15) is 22.8 Å². The number of hydrogen-bond donors (Lipinski definition) is 2. The van der Waals surface area contributed by atoms with E-state index in [0.717, 1.165) is 0 Å². The number of halogens is 3. The molecular formula is C8H8F3NO6S2. The Hall–Kier alpha value is -1.27. The van der Waals surface area contributed by atoms with Crippen LogP contribution < -0.4 is 0 Å². The molecule has 0 bridgehead atoms. The highest BCUT2D eigenvalue weighted by Crippen LogP contribution is 2.36. The average molecular weight is 335 g/mol. The summed E-state index contributed by atoms with van der Waals surface area (Å²) in [7, 11) is -5.84. The number of β-lactam (4-membered cyclic amide) rings is 1. The van der Waals surface area contributed by atoms with Crippen LogP contribution in [0.5, 0.6) is 0 Å². The molecule has 2 heterocycles. The summed E-state index contributed by atoms with van der Waals surface area (Å²) in [5.74, 6) is -0.398. The van der Waals surface area contributed by atoms with E-state index in [-0.39, 0.29) is 17.0 Å². The second kappa shape index (κ2) is 5.61. The molecule has 0 aromatic rings. The van der Waals surface area contributed by atoms with Crippen molar-refractivity contribution < 1.29 is 40.8 Å². The Balaban J connectivity index is 0.000000221. The Morgan fingerprint density at radius 2 is 1.95 bits per heavy atom. The van der Waals surface area contributed by atoms with E-state index in [1.54, 1.807) is 17.8 Å². The van der Waals surface area contributed by atoms with Gasteiger partial charge in [-0.1, -0.05) is 0 Å². The molecule has 114 valence electrons. The van der Waals surface area contributed by atoms with E-state index in [1.165, 1.54) is 4.90 Å². The molecule has 12 heteroatoms. The molecule has 1 saturated heterocycles. The van der Waals surface area contributed by atoms with Crippen LogP contribution in [-0.2, 0) is 19.7 Å². The smallest absolute Gasteiger partial charge is 0.477 e. The van der Waals surface area contributed by atoms with Gasteiger partial charge in [-0.3, -0.25) is 14.2 Å². The minimum Gasteiger partial charge on any atom is -0.477 e. The second-order valence-electron chi connectivity index (χ2n) is 3.57. The second-order valence-corrected chi connectivity index (χ2v) is 6.20. The number of nitrogens with zero attached hydrogens (tertiary/aromatic N) is 1. The molecule has 2 aliphatic rings. The van der Waals surface area contributed by atoms with Gasteiger partial charge in [0.2, 0.25) is 5.91 Å². The summed E-state index contributed by atoms with van der Waals surface area (Å²) in [6.07, 6.45) is 2.07. The van der Waals surface area contributed by atoms with Crippen molar-refractivity contribution in [3.05, 3.63) is 11.8 Å². The molecule has 0 aromatic carbocycles. The van der Waals surface area contributed by atoms with Crippen LogP contribution in [0.15, 0.2) is 11.8 Å². The number of hydrogen-bond acceptors (Lipinski definition) is 5. The topological polar surface area (TPSA) is 112 Å². The van der Waals surface area contributed by atoms with Crippen molar-refractivity contribution in [1.82, 2.24) is 4.90 Å². The number of carboxylic acids is 1. The molecule has 0 aliphatic carbocycles. The molecule has 2 aliphatic heterocycles. The van der Waals surface area contributed by atoms with Gasteiger partial charge in [0.1, 0.15) is 5.70 Å². The lowest BCUT2D eigenvalue weighted by molar-refractivity contribution is -0.146. The van der Waals surface area contributed by atoms with Gasteiger partial charge in [-0.15, -0.1) is 11.8 Å². The molecule has 1 amide bonds.